The highest BCUT2D eigenvalue weighted by molar-refractivity contribution is 7.16. The first-order chi connectivity index (χ1) is 9.81. The molecule has 3 heterocycles. The fraction of sp³-hybridized carbons (Fsp3) is 0.0714. The molecular formula is C14H10N4S2. The Labute approximate surface area is 123 Å². The van der Waals surface area contributed by atoms with E-state index in [0.29, 0.717) is 0 Å². The van der Waals surface area contributed by atoms with Gasteiger partial charge in [-0.3, -0.25) is 0 Å². The van der Waals surface area contributed by atoms with E-state index >= 15 is 0 Å². The number of hydrogen-bond acceptors (Lipinski definition) is 5. The number of fused-ring (bicyclic) bond motifs is 1. The van der Waals surface area contributed by atoms with Crippen LogP contribution in [0.25, 0.3) is 32.2 Å². The largest absolute Gasteiger partial charge is 0.342 e. The Morgan fingerprint density at radius 1 is 1.15 bits per heavy atom. The maximum atomic E-state index is 4.53. The van der Waals surface area contributed by atoms with E-state index in [9.17, 15) is 0 Å². The third kappa shape index (κ3) is 1.85. The summed E-state index contributed by atoms with van der Waals surface area (Å²) in [6.07, 6.45) is 1.72. The minimum Gasteiger partial charge on any atom is -0.342 e. The second kappa shape index (κ2) is 4.50. The van der Waals surface area contributed by atoms with Crippen molar-refractivity contribution in [1.82, 2.24) is 19.9 Å². The second-order valence-electron chi connectivity index (χ2n) is 4.46. The molecule has 0 bridgehead atoms. The van der Waals surface area contributed by atoms with Crippen molar-refractivity contribution in [2.75, 3.05) is 0 Å². The number of benzene rings is 1. The first-order valence-corrected chi connectivity index (χ1v) is 7.87. The molecule has 0 aliphatic rings. The minimum atomic E-state index is 0.939. The van der Waals surface area contributed by atoms with Gasteiger partial charge >= 0.3 is 0 Å². The Bertz CT molecular complexity index is 887. The van der Waals surface area contributed by atoms with Crippen LogP contribution >= 0.6 is 22.7 Å². The molecule has 20 heavy (non-hydrogen) atoms. The van der Waals surface area contributed by atoms with Gasteiger partial charge in [-0.25, -0.2) is 15.0 Å². The van der Waals surface area contributed by atoms with Crippen LogP contribution in [0.5, 0.6) is 0 Å². The average Bonchev–Trinajstić information content (AvgIpc) is 3.17. The van der Waals surface area contributed by atoms with Crippen LogP contribution in [-0.2, 0) is 0 Å². The molecule has 0 saturated carbocycles. The number of thiazole rings is 2. The van der Waals surface area contributed by atoms with Gasteiger partial charge in [0.05, 0.1) is 27.7 Å². The summed E-state index contributed by atoms with van der Waals surface area (Å²) in [5, 5.41) is 3.02. The molecule has 98 valence electrons. The van der Waals surface area contributed by atoms with E-state index in [1.165, 1.54) is 4.70 Å². The second-order valence-corrected chi connectivity index (χ2v) is 6.20. The molecule has 0 aliphatic carbocycles. The van der Waals surface area contributed by atoms with Crippen molar-refractivity contribution >= 4 is 32.9 Å². The van der Waals surface area contributed by atoms with Crippen molar-refractivity contribution in [1.29, 1.82) is 0 Å². The molecule has 0 unspecified atom stereocenters. The van der Waals surface area contributed by atoms with Crippen LogP contribution in [0, 0.1) is 6.92 Å². The molecule has 0 spiro atoms. The van der Waals surface area contributed by atoms with Gasteiger partial charge in [0.2, 0.25) is 0 Å². The molecule has 0 atom stereocenters. The fourth-order valence-electron chi connectivity index (χ4n) is 2.15. The van der Waals surface area contributed by atoms with Gasteiger partial charge in [0, 0.05) is 16.6 Å². The molecule has 0 aliphatic heterocycles. The molecule has 3 aromatic heterocycles. The first-order valence-electron chi connectivity index (χ1n) is 6.11. The van der Waals surface area contributed by atoms with Crippen molar-refractivity contribution < 1.29 is 0 Å². The van der Waals surface area contributed by atoms with Crippen molar-refractivity contribution in [3.05, 3.63) is 41.1 Å². The summed E-state index contributed by atoms with van der Waals surface area (Å²) in [7, 11) is 0. The third-order valence-electron chi connectivity index (χ3n) is 3.08. The number of rotatable bonds is 2. The van der Waals surface area contributed by atoms with Gasteiger partial charge in [-0.2, -0.15) is 0 Å². The number of aromatic nitrogens is 4. The minimum absolute atomic E-state index is 0.939. The van der Waals surface area contributed by atoms with Crippen LogP contribution < -0.4 is 0 Å². The van der Waals surface area contributed by atoms with Crippen molar-refractivity contribution in [3.8, 4) is 22.0 Å². The van der Waals surface area contributed by atoms with E-state index in [1.807, 2.05) is 23.9 Å². The Balaban J connectivity index is 1.88. The van der Waals surface area contributed by atoms with Gasteiger partial charge in [0.25, 0.3) is 0 Å². The van der Waals surface area contributed by atoms with Crippen molar-refractivity contribution in [2.45, 2.75) is 6.92 Å². The zero-order valence-electron chi connectivity index (χ0n) is 10.6. The number of nitrogens with zero attached hydrogens (tertiary/aromatic N) is 3. The Kier molecular flexibility index (Phi) is 2.64. The van der Waals surface area contributed by atoms with Crippen LogP contribution in [0.1, 0.15) is 5.69 Å². The summed E-state index contributed by atoms with van der Waals surface area (Å²) in [6, 6.07) is 6.22. The quantitative estimate of drug-likeness (QED) is 0.605. The fourth-order valence-corrected chi connectivity index (χ4v) is 3.67. The van der Waals surface area contributed by atoms with Gasteiger partial charge in [-0.15, -0.1) is 22.7 Å². The molecular weight excluding hydrogens is 288 g/mol. The molecule has 6 heteroatoms. The summed E-state index contributed by atoms with van der Waals surface area (Å²) in [5.74, 6) is 0. The van der Waals surface area contributed by atoms with Crippen LogP contribution in [0.15, 0.2) is 35.4 Å². The number of nitrogens with one attached hydrogen (secondary N) is 1. The molecule has 0 radical (unpaired) electrons. The van der Waals surface area contributed by atoms with Crippen LogP contribution in [0.4, 0.5) is 0 Å². The molecule has 4 nitrogen and oxygen atoms in total. The van der Waals surface area contributed by atoms with Crippen LogP contribution in [-0.4, -0.2) is 19.9 Å². The summed E-state index contributed by atoms with van der Waals surface area (Å²) in [6.45, 7) is 2.00. The maximum Gasteiger partial charge on any atom is 0.142 e. The topological polar surface area (TPSA) is 54.5 Å². The lowest BCUT2D eigenvalue weighted by molar-refractivity contribution is 1.25. The Hall–Kier alpha value is -2.05. The van der Waals surface area contributed by atoms with Crippen molar-refractivity contribution in [2.24, 2.45) is 0 Å². The summed E-state index contributed by atoms with van der Waals surface area (Å²) in [4.78, 5) is 16.5. The highest BCUT2D eigenvalue weighted by atomic mass is 32.1. The molecule has 4 rings (SSSR count). The van der Waals surface area contributed by atoms with E-state index in [4.69, 9.17) is 0 Å². The highest BCUT2D eigenvalue weighted by Crippen LogP contribution is 2.32. The van der Waals surface area contributed by atoms with Gasteiger partial charge in [-0.1, -0.05) is 6.07 Å². The number of aromatic amines is 1. The van der Waals surface area contributed by atoms with Gasteiger partial charge in [-0.05, 0) is 19.1 Å². The molecule has 1 N–H and O–H groups in total. The van der Waals surface area contributed by atoms with Crippen molar-refractivity contribution in [3.63, 3.8) is 0 Å². The number of hydrogen-bond donors (Lipinski definition) is 1. The van der Waals surface area contributed by atoms with E-state index in [2.05, 4.69) is 32.1 Å². The van der Waals surface area contributed by atoms with E-state index in [-0.39, 0.29) is 0 Å². The highest BCUT2D eigenvalue weighted by Gasteiger charge is 2.14. The molecule has 0 saturated heterocycles. The molecule has 1 aromatic carbocycles. The van der Waals surface area contributed by atoms with Gasteiger partial charge in [0.1, 0.15) is 10.7 Å². The van der Waals surface area contributed by atoms with Crippen LogP contribution in [0.3, 0.4) is 0 Å². The third-order valence-corrected chi connectivity index (χ3v) is 4.85. The van der Waals surface area contributed by atoms with E-state index < -0.39 is 0 Å². The molecule has 0 fully saturated rings. The average molecular weight is 298 g/mol. The van der Waals surface area contributed by atoms with E-state index in [0.717, 1.165) is 33.2 Å². The van der Waals surface area contributed by atoms with E-state index in [1.54, 1.807) is 29.0 Å². The first kappa shape index (κ1) is 11.7. The smallest absolute Gasteiger partial charge is 0.142 e. The Morgan fingerprint density at radius 2 is 2.10 bits per heavy atom. The summed E-state index contributed by atoms with van der Waals surface area (Å²) >= 11 is 3.27. The lowest BCUT2D eigenvalue weighted by Gasteiger charge is -2.00. The summed E-state index contributed by atoms with van der Waals surface area (Å²) < 4.78 is 1.17. The van der Waals surface area contributed by atoms with Gasteiger partial charge in [0.15, 0.2) is 0 Å². The number of aryl methyl sites for hydroxylation is 1. The van der Waals surface area contributed by atoms with Crippen LogP contribution in [0.2, 0.25) is 0 Å². The molecule has 4 aromatic rings. The predicted molar refractivity (Wildman–Crippen MR) is 83.0 cm³/mol. The normalized spacial score (nSPS) is 11.2. The predicted octanol–water partition coefficient (Wildman–Crippen LogP) is 4.12. The molecule has 0 amide bonds. The maximum absolute atomic E-state index is 4.53. The number of H-pyrrole nitrogens is 1. The lowest BCUT2D eigenvalue weighted by Crippen LogP contribution is -1.83. The lowest BCUT2D eigenvalue weighted by atomic mass is 10.1. The zero-order valence-corrected chi connectivity index (χ0v) is 12.3. The SMILES string of the molecule is Cc1csc(-c2[nH]cnc2-c2ccc3ncsc3c2)n1. The zero-order chi connectivity index (χ0) is 13.5. The Morgan fingerprint density at radius 3 is 2.95 bits per heavy atom. The summed E-state index contributed by atoms with van der Waals surface area (Å²) in [5.41, 5.74) is 6.93. The monoisotopic (exact) mass is 298 g/mol. The number of imidazole rings is 1. The van der Waals surface area contributed by atoms with Gasteiger partial charge < -0.3 is 4.98 Å². The standard InChI is InChI=1S/C14H10N4S2/c1-8-5-19-14(18-8)13-12(15-6-16-13)9-2-3-10-11(4-9)20-7-17-10/h2-7H,1H3,(H,15,16).